The van der Waals surface area contributed by atoms with Crippen molar-refractivity contribution in [1.29, 1.82) is 0 Å². The quantitative estimate of drug-likeness (QED) is 0.292. The molecule has 5 heteroatoms. The lowest BCUT2D eigenvalue weighted by molar-refractivity contribution is 0.00928. The maximum absolute atomic E-state index is 5.63. The highest BCUT2D eigenvalue weighted by Gasteiger charge is 2.18. The SMILES string of the molecule is C=C(/C=C(\OC)O[Si](C)(C)C)OCOC. The molecule has 0 saturated heterocycles. The summed E-state index contributed by atoms with van der Waals surface area (Å²) in [6.07, 6.45) is 1.61. The monoisotopic (exact) mass is 232 g/mol. The predicted molar refractivity (Wildman–Crippen MR) is 61.6 cm³/mol. The van der Waals surface area contributed by atoms with E-state index in [1.54, 1.807) is 20.3 Å². The van der Waals surface area contributed by atoms with Crippen molar-refractivity contribution in [3.8, 4) is 0 Å². The van der Waals surface area contributed by atoms with Crippen molar-refractivity contribution >= 4 is 8.32 Å². The molecule has 0 aliphatic heterocycles. The molecule has 0 aromatic heterocycles. The summed E-state index contributed by atoms with van der Waals surface area (Å²) in [4.78, 5) is 0. The summed E-state index contributed by atoms with van der Waals surface area (Å²) in [5.41, 5.74) is 0. The zero-order valence-corrected chi connectivity index (χ0v) is 11.1. The third kappa shape index (κ3) is 8.08. The van der Waals surface area contributed by atoms with Gasteiger partial charge in [-0.25, -0.2) is 0 Å². The van der Waals surface area contributed by atoms with Gasteiger partial charge in [0.15, 0.2) is 6.79 Å². The number of hydrogen-bond donors (Lipinski definition) is 0. The van der Waals surface area contributed by atoms with E-state index >= 15 is 0 Å². The van der Waals surface area contributed by atoms with Crippen molar-refractivity contribution < 1.29 is 18.6 Å². The highest BCUT2D eigenvalue weighted by molar-refractivity contribution is 6.69. The molecule has 0 atom stereocenters. The van der Waals surface area contributed by atoms with E-state index in [0.717, 1.165) is 0 Å². The molecule has 0 rings (SSSR count). The summed E-state index contributed by atoms with van der Waals surface area (Å²) in [6, 6.07) is 0. The highest BCUT2D eigenvalue weighted by Crippen LogP contribution is 2.12. The zero-order chi connectivity index (χ0) is 11.9. The van der Waals surface area contributed by atoms with E-state index in [2.05, 4.69) is 26.2 Å². The Morgan fingerprint density at radius 3 is 2.27 bits per heavy atom. The maximum atomic E-state index is 5.63. The van der Waals surface area contributed by atoms with Crippen LogP contribution in [-0.4, -0.2) is 29.3 Å². The number of allylic oxidation sites excluding steroid dienone is 1. The Bertz CT molecular complexity index is 230. The summed E-state index contributed by atoms with van der Waals surface area (Å²) < 4.78 is 20.5. The first-order chi connectivity index (χ1) is 6.89. The molecular weight excluding hydrogens is 212 g/mol. The lowest BCUT2D eigenvalue weighted by Crippen LogP contribution is -2.25. The molecular formula is C10H20O4Si. The molecule has 88 valence electrons. The van der Waals surface area contributed by atoms with E-state index < -0.39 is 8.32 Å². The molecule has 0 radical (unpaired) electrons. The lowest BCUT2D eigenvalue weighted by Gasteiger charge is -2.20. The average Bonchev–Trinajstić information content (AvgIpc) is 2.11. The number of ether oxygens (including phenoxy) is 3. The van der Waals surface area contributed by atoms with Gasteiger partial charge < -0.3 is 18.6 Å². The van der Waals surface area contributed by atoms with Crippen molar-refractivity contribution in [2.24, 2.45) is 0 Å². The van der Waals surface area contributed by atoms with Crippen LogP contribution in [0, 0.1) is 0 Å². The number of methoxy groups -OCH3 is 2. The summed E-state index contributed by atoms with van der Waals surface area (Å²) >= 11 is 0. The van der Waals surface area contributed by atoms with E-state index in [4.69, 9.17) is 18.6 Å². The summed E-state index contributed by atoms with van der Waals surface area (Å²) in [5.74, 6) is 0.877. The molecule has 0 bridgehead atoms. The first-order valence-electron chi connectivity index (χ1n) is 4.64. The van der Waals surface area contributed by atoms with E-state index in [9.17, 15) is 0 Å². The van der Waals surface area contributed by atoms with E-state index in [0.29, 0.717) is 11.7 Å². The fraction of sp³-hybridized carbons (Fsp3) is 0.600. The maximum Gasteiger partial charge on any atom is 0.268 e. The molecule has 0 saturated carbocycles. The fourth-order valence-corrected chi connectivity index (χ4v) is 1.49. The molecule has 0 aliphatic carbocycles. The Kier molecular flexibility index (Phi) is 6.11. The van der Waals surface area contributed by atoms with Crippen molar-refractivity contribution in [2.45, 2.75) is 19.6 Å². The predicted octanol–water partition coefficient (Wildman–Crippen LogP) is 2.46. The second-order valence-electron chi connectivity index (χ2n) is 3.90. The Morgan fingerprint density at radius 1 is 1.27 bits per heavy atom. The third-order valence-electron chi connectivity index (χ3n) is 1.25. The molecule has 0 heterocycles. The van der Waals surface area contributed by atoms with E-state index in [1.807, 2.05) is 0 Å². The van der Waals surface area contributed by atoms with Gasteiger partial charge in [0.2, 0.25) is 8.32 Å². The van der Waals surface area contributed by atoms with Crippen molar-refractivity contribution in [1.82, 2.24) is 0 Å². The number of hydrogen-bond acceptors (Lipinski definition) is 4. The molecule has 4 nitrogen and oxygen atoms in total. The van der Waals surface area contributed by atoms with Crippen molar-refractivity contribution in [3.63, 3.8) is 0 Å². The van der Waals surface area contributed by atoms with Crippen LogP contribution in [-0.2, 0) is 18.6 Å². The molecule has 0 spiro atoms. The van der Waals surface area contributed by atoms with Crippen LogP contribution in [0.15, 0.2) is 24.4 Å². The molecule has 0 N–H and O–H groups in total. The van der Waals surface area contributed by atoms with Crippen LogP contribution in [0.1, 0.15) is 0 Å². The summed E-state index contributed by atoms with van der Waals surface area (Å²) in [6.45, 7) is 10.1. The molecule has 15 heavy (non-hydrogen) atoms. The first-order valence-corrected chi connectivity index (χ1v) is 8.05. The van der Waals surface area contributed by atoms with Gasteiger partial charge in [-0.05, 0) is 19.6 Å². The van der Waals surface area contributed by atoms with E-state index in [1.165, 1.54) is 0 Å². The van der Waals surface area contributed by atoms with Gasteiger partial charge in [-0.3, -0.25) is 0 Å². The minimum atomic E-state index is -1.66. The Balaban J connectivity index is 4.26. The minimum Gasteiger partial charge on any atom is -0.520 e. The Morgan fingerprint density at radius 2 is 1.87 bits per heavy atom. The Labute approximate surface area is 92.6 Å². The third-order valence-corrected chi connectivity index (χ3v) is 2.06. The van der Waals surface area contributed by atoms with Crippen molar-refractivity contribution in [2.75, 3.05) is 21.0 Å². The highest BCUT2D eigenvalue weighted by atomic mass is 28.4. The normalized spacial score (nSPS) is 12.2. The van der Waals surface area contributed by atoms with Crippen molar-refractivity contribution in [3.05, 3.63) is 24.4 Å². The second kappa shape index (κ2) is 6.52. The molecule has 0 aliphatic rings. The van der Waals surface area contributed by atoms with Gasteiger partial charge in [-0.1, -0.05) is 6.58 Å². The van der Waals surface area contributed by atoms with Gasteiger partial charge in [0.1, 0.15) is 5.76 Å². The molecule has 0 aromatic rings. The Hall–Kier alpha value is -0.943. The largest absolute Gasteiger partial charge is 0.520 e. The molecule has 0 amide bonds. The molecule has 0 unspecified atom stereocenters. The summed E-state index contributed by atoms with van der Waals surface area (Å²) in [7, 11) is 1.44. The van der Waals surface area contributed by atoms with E-state index in [-0.39, 0.29) is 6.79 Å². The van der Waals surface area contributed by atoms with Gasteiger partial charge in [-0.15, -0.1) is 0 Å². The minimum absolute atomic E-state index is 0.166. The van der Waals surface area contributed by atoms with Gasteiger partial charge in [0, 0.05) is 7.11 Å². The first kappa shape index (κ1) is 14.1. The molecule has 0 fully saturated rings. The standard InChI is InChI=1S/C10H20O4Si/c1-9(13-8-11-2)7-10(12-3)14-15(4,5)6/h7H,1,8H2,2-6H3/b10-7+. The van der Waals surface area contributed by atoms with Crippen LogP contribution >= 0.6 is 0 Å². The van der Waals surface area contributed by atoms with Gasteiger partial charge in [0.05, 0.1) is 13.2 Å². The zero-order valence-electron chi connectivity index (χ0n) is 10.1. The topological polar surface area (TPSA) is 36.9 Å². The van der Waals surface area contributed by atoms with Crippen LogP contribution < -0.4 is 0 Å². The number of rotatable bonds is 7. The van der Waals surface area contributed by atoms with Crippen LogP contribution in [0.3, 0.4) is 0 Å². The van der Waals surface area contributed by atoms with Gasteiger partial charge >= 0.3 is 0 Å². The summed E-state index contributed by atoms with van der Waals surface area (Å²) in [5, 5.41) is 0. The van der Waals surface area contributed by atoms with Crippen LogP contribution in [0.25, 0.3) is 0 Å². The second-order valence-corrected chi connectivity index (χ2v) is 8.33. The lowest BCUT2D eigenvalue weighted by atomic mass is 10.5. The fourth-order valence-electron chi connectivity index (χ4n) is 0.740. The van der Waals surface area contributed by atoms with Crippen LogP contribution in [0.5, 0.6) is 0 Å². The molecule has 0 aromatic carbocycles. The smallest absolute Gasteiger partial charge is 0.268 e. The van der Waals surface area contributed by atoms with Crippen LogP contribution in [0.4, 0.5) is 0 Å². The van der Waals surface area contributed by atoms with Gasteiger partial charge in [-0.2, -0.15) is 0 Å². The van der Waals surface area contributed by atoms with Gasteiger partial charge in [0.25, 0.3) is 5.95 Å². The average molecular weight is 232 g/mol. The van der Waals surface area contributed by atoms with Crippen LogP contribution in [0.2, 0.25) is 19.6 Å².